The van der Waals surface area contributed by atoms with Crippen LogP contribution in [0.2, 0.25) is 0 Å². The lowest BCUT2D eigenvalue weighted by molar-refractivity contribution is -0.126. The Morgan fingerprint density at radius 3 is 2.95 bits per heavy atom. The van der Waals surface area contributed by atoms with Crippen LogP contribution in [0, 0.1) is 5.92 Å². The number of nitrogens with one attached hydrogen (secondary N) is 2. The molecule has 104 valence electrons. The first-order chi connectivity index (χ1) is 8.96. The van der Waals surface area contributed by atoms with Crippen molar-refractivity contribution >= 4 is 21.8 Å². The zero-order valence-corrected chi connectivity index (χ0v) is 13.1. The van der Waals surface area contributed by atoms with Gasteiger partial charge in [0.05, 0.1) is 5.92 Å². The highest BCUT2D eigenvalue weighted by Crippen LogP contribution is 2.18. The summed E-state index contributed by atoms with van der Waals surface area (Å²) in [6.45, 7) is 5.91. The van der Waals surface area contributed by atoms with Crippen molar-refractivity contribution in [3.05, 3.63) is 34.3 Å². The molecule has 0 bridgehead atoms. The molecule has 1 atom stereocenters. The molecule has 0 saturated carbocycles. The maximum absolute atomic E-state index is 12.2. The molecule has 1 amide bonds. The van der Waals surface area contributed by atoms with Gasteiger partial charge in [0.15, 0.2) is 0 Å². The molecule has 1 aliphatic rings. The van der Waals surface area contributed by atoms with E-state index in [1.54, 1.807) is 0 Å². The minimum absolute atomic E-state index is 0.127. The normalized spacial score (nSPS) is 19.4. The topological polar surface area (TPSA) is 41.1 Å². The minimum atomic E-state index is -0.222. The first-order valence-corrected chi connectivity index (χ1v) is 7.53. The molecule has 1 fully saturated rings. The van der Waals surface area contributed by atoms with Crippen molar-refractivity contribution in [2.24, 2.45) is 5.92 Å². The van der Waals surface area contributed by atoms with E-state index in [1.807, 2.05) is 12.1 Å². The minimum Gasteiger partial charge on any atom is -0.351 e. The maximum atomic E-state index is 12.2. The third kappa shape index (κ3) is 4.32. The summed E-state index contributed by atoms with van der Waals surface area (Å²) in [5.74, 6) is 0.298. The fraction of sp³-hybridized carbons (Fsp3) is 0.533. The summed E-state index contributed by atoms with van der Waals surface area (Å²) in [5.41, 5.74) is 1.00. The molecular formula is C15H21BrN2O. The molecule has 1 heterocycles. The van der Waals surface area contributed by atoms with Crippen LogP contribution in [0.5, 0.6) is 0 Å². The van der Waals surface area contributed by atoms with E-state index >= 15 is 0 Å². The first-order valence-electron chi connectivity index (χ1n) is 6.73. The molecule has 0 unspecified atom stereocenters. The van der Waals surface area contributed by atoms with Gasteiger partial charge < -0.3 is 10.6 Å². The Balaban J connectivity index is 1.95. The van der Waals surface area contributed by atoms with Crippen LogP contribution in [0.15, 0.2) is 28.7 Å². The highest BCUT2D eigenvalue weighted by molar-refractivity contribution is 9.10. The second-order valence-corrected chi connectivity index (χ2v) is 6.79. The second-order valence-electron chi connectivity index (χ2n) is 5.87. The Kier molecular flexibility index (Phi) is 4.63. The van der Waals surface area contributed by atoms with Gasteiger partial charge in [0, 0.05) is 16.6 Å². The van der Waals surface area contributed by atoms with Crippen LogP contribution in [-0.4, -0.2) is 24.5 Å². The van der Waals surface area contributed by atoms with Gasteiger partial charge in [-0.15, -0.1) is 0 Å². The van der Waals surface area contributed by atoms with E-state index in [-0.39, 0.29) is 17.4 Å². The van der Waals surface area contributed by atoms with Gasteiger partial charge in [0.25, 0.3) is 0 Å². The molecule has 3 nitrogen and oxygen atoms in total. The van der Waals surface area contributed by atoms with E-state index in [4.69, 9.17) is 0 Å². The highest BCUT2D eigenvalue weighted by atomic mass is 79.9. The van der Waals surface area contributed by atoms with Crippen molar-refractivity contribution < 1.29 is 4.79 Å². The predicted octanol–water partition coefficient (Wildman–Crippen LogP) is 2.50. The fourth-order valence-electron chi connectivity index (χ4n) is 2.52. The molecular weight excluding hydrogens is 304 g/mol. The summed E-state index contributed by atoms with van der Waals surface area (Å²) in [7, 11) is 0. The van der Waals surface area contributed by atoms with E-state index in [0.717, 1.165) is 30.4 Å². The first kappa shape index (κ1) is 14.5. The lowest BCUT2D eigenvalue weighted by Gasteiger charge is -2.28. The smallest absolute Gasteiger partial charge is 0.224 e. The van der Waals surface area contributed by atoms with Crippen LogP contribution in [0.1, 0.15) is 25.8 Å². The molecule has 0 radical (unpaired) electrons. The van der Waals surface area contributed by atoms with Crippen molar-refractivity contribution in [1.82, 2.24) is 10.6 Å². The summed E-state index contributed by atoms with van der Waals surface area (Å²) in [6, 6.07) is 8.23. The number of hydrogen-bond donors (Lipinski definition) is 2. The van der Waals surface area contributed by atoms with E-state index < -0.39 is 0 Å². The Labute approximate surface area is 123 Å². The lowest BCUT2D eigenvalue weighted by atomic mass is 9.94. The van der Waals surface area contributed by atoms with Gasteiger partial charge in [0.1, 0.15) is 0 Å². The van der Waals surface area contributed by atoms with E-state index in [0.29, 0.717) is 0 Å². The van der Waals surface area contributed by atoms with Gasteiger partial charge in [-0.2, -0.15) is 0 Å². The number of carbonyl (C=O) groups is 1. The Bertz CT molecular complexity index is 453. The van der Waals surface area contributed by atoms with Gasteiger partial charge >= 0.3 is 0 Å². The van der Waals surface area contributed by atoms with Gasteiger partial charge in [-0.3, -0.25) is 4.79 Å². The third-order valence-electron chi connectivity index (χ3n) is 3.43. The molecule has 2 N–H and O–H groups in total. The van der Waals surface area contributed by atoms with Crippen molar-refractivity contribution in [1.29, 1.82) is 0 Å². The zero-order chi connectivity index (χ0) is 13.9. The number of hydrogen-bond acceptors (Lipinski definition) is 2. The molecule has 1 aliphatic heterocycles. The molecule has 1 aromatic rings. The molecule has 1 aromatic carbocycles. The molecule has 0 aliphatic carbocycles. The average Bonchev–Trinajstić information content (AvgIpc) is 2.80. The Morgan fingerprint density at radius 1 is 1.53 bits per heavy atom. The van der Waals surface area contributed by atoms with Crippen LogP contribution in [0.3, 0.4) is 0 Å². The van der Waals surface area contributed by atoms with Crippen molar-refractivity contribution in [2.45, 2.75) is 32.2 Å². The second kappa shape index (κ2) is 6.06. The zero-order valence-electron chi connectivity index (χ0n) is 11.5. The third-order valence-corrected chi connectivity index (χ3v) is 3.92. The summed E-state index contributed by atoms with van der Waals surface area (Å²) in [4.78, 5) is 12.2. The standard InChI is InChI=1S/C15H21BrN2O/c1-15(2,9-11-4-3-5-13(16)8-11)18-14(19)12-6-7-17-10-12/h3-5,8,12,17H,6-7,9-10H2,1-2H3,(H,18,19)/t12-/m0/s1. The molecule has 4 heteroatoms. The number of carbonyl (C=O) groups excluding carboxylic acids is 1. The monoisotopic (exact) mass is 324 g/mol. The van der Waals surface area contributed by atoms with Crippen LogP contribution in [0.25, 0.3) is 0 Å². The number of benzene rings is 1. The summed E-state index contributed by atoms with van der Waals surface area (Å²) in [5, 5.41) is 6.40. The maximum Gasteiger partial charge on any atom is 0.224 e. The lowest BCUT2D eigenvalue weighted by Crippen LogP contribution is -2.48. The van der Waals surface area contributed by atoms with E-state index in [2.05, 4.69) is 52.5 Å². The van der Waals surface area contributed by atoms with E-state index in [9.17, 15) is 4.79 Å². The Hall–Kier alpha value is -0.870. The van der Waals surface area contributed by atoms with Crippen LogP contribution < -0.4 is 10.6 Å². The van der Waals surface area contributed by atoms with Crippen LogP contribution in [-0.2, 0) is 11.2 Å². The van der Waals surface area contributed by atoms with Gasteiger partial charge in [0.2, 0.25) is 5.91 Å². The molecule has 0 aromatic heterocycles. The summed E-state index contributed by atoms with van der Waals surface area (Å²) < 4.78 is 1.08. The van der Waals surface area contributed by atoms with Crippen molar-refractivity contribution in [3.8, 4) is 0 Å². The largest absolute Gasteiger partial charge is 0.351 e. The van der Waals surface area contributed by atoms with Crippen molar-refractivity contribution in [2.75, 3.05) is 13.1 Å². The SMILES string of the molecule is CC(C)(Cc1cccc(Br)c1)NC(=O)[C@H]1CCNC1. The van der Waals surface area contributed by atoms with Gasteiger partial charge in [-0.05, 0) is 50.9 Å². The van der Waals surface area contributed by atoms with E-state index in [1.165, 1.54) is 5.56 Å². The van der Waals surface area contributed by atoms with Crippen LogP contribution in [0.4, 0.5) is 0 Å². The number of halogens is 1. The Morgan fingerprint density at radius 2 is 2.32 bits per heavy atom. The van der Waals surface area contributed by atoms with Gasteiger partial charge in [-0.25, -0.2) is 0 Å². The van der Waals surface area contributed by atoms with Gasteiger partial charge in [-0.1, -0.05) is 28.1 Å². The highest BCUT2D eigenvalue weighted by Gasteiger charge is 2.27. The quantitative estimate of drug-likeness (QED) is 0.893. The predicted molar refractivity (Wildman–Crippen MR) is 81.0 cm³/mol. The molecule has 19 heavy (non-hydrogen) atoms. The summed E-state index contributed by atoms with van der Waals surface area (Å²) >= 11 is 3.48. The fourth-order valence-corrected chi connectivity index (χ4v) is 2.96. The van der Waals surface area contributed by atoms with Crippen LogP contribution >= 0.6 is 15.9 Å². The molecule has 1 saturated heterocycles. The molecule has 2 rings (SSSR count). The summed E-state index contributed by atoms with van der Waals surface area (Å²) in [6.07, 6.45) is 1.77. The number of rotatable bonds is 4. The number of amides is 1. The average molecular weight is 325 g/mol. The molecule has 0 spiro atoms. The van der Waals surface area contributed by atoms with Crippen molar-refractivity contribution in [3.63, 3.8) is 0 Å².